The van der Waals surface area contributed by atoms with Gasteiger partial charge in [-0.1, -0.05) is 12.1 Å². The van der Waals surface area contributed by atoms with Crippen LogP contribution < -0.4 is 9.64 Å². The second-order valence-electron chi connectivity index (χ2n) is 4.29. The average Bonchev–Trinajstić information content (AvgIpc) is 2.27. The van der Waals surface area contributed by atoms with Gasteiger partial charge in [-0.25, -0.2) is 0 Å². The first-order valence-electron chi connectivity index (χ1n) is 5.51. The number of nitrogens with zero attached hydrogens (tertiary/aromatic N) is 2. The summed E-state index contributed by atoms with van der Waals surface area (Å²) in [6.45, 7) is 4.12. The molecule has 0 spiro atoms. The van der Waals surface area contributed by atoms with E-state index in [9.17, 15) is 0 Å². The van der Waals surface area contributed by atoms with E-state index < -0.39 is 0 Å². The highest BCUT2D eigenvalue weighted by atomic mass is 16.5. The van der Waals surface area contributed by atoms with E-state index in [4.69, 9.17) is 10.00 Å². The Morgan fingerprint density at radius 2 is 2.25 bits per heavy atom. The van der Waals surface area contributed by atoms with Gasteiger partial charge in [-0.15, -0.1) is 0 Å². The summed E-state index contributed by atoms with van der Waals surface area (Å²) in [5, 5.41) is 8.79. The smallest absolute Gasteiger partial charge is 0.146 e. The molecule has 0 aliphatic carbocycles. The van der Waals surface area contributed by atoms with Crippen LogP contribution in [-0.2, 0) is 0 Å². The molecule has 0 radical (unpaired) electrons. The summed E-state index contributed by atoms with van der Waals surface area (Å²) in [4.78, 5) is 2.19. The Labute approximate surface area is 96.2 Å². The second-order valence-corrected chi connectivity index (χ2v) is 4.29. The molecule has 0 fully saturated rings. The van der Waals surface area contributed by atoms with Crippen LogP contribution in [0.5, 0.6) is 5.75 Å². The molecule has 0 amide bonds. The van der Waals surface area contributed by atoms with Crippen LogP contribution in [0.3, 0.4) is 0 Å². The number of nitriles is 1. The quantitative estimate of drug-likeness (QED) is 0.723. The third-order valence-electron chi connectivity index (χ3n) is 3.28. The molecule has 3 heteroatoms. The molecule has 3 nitrogen and oxygen atoms in total. The lowest BCUT2D eigenvalue weighted by Crippen LogP contribution is -2.45. The van der Waals surface area contributed by atoms with Crippen molar-refractivity contribution in [2.24, 2.45) is 0 Å². The zero-order valence-electron chi connectivity index (χ0n) is 9.90. The van der Waals surface area contributed by atoms with Crippen molar-refractivity contribution in [3.63, 3.8) is 0 Å². The maximum Gasteiger partial charge on any atom is 0.146 e. The fourth-order valence-electron chi connectivity index (χ4n) is 2.09. The van der Waals surface area contributed by atoms with Gasteiger partial charge in [-0.2, -0.15) is 5.26 Å². The third kappa shape index (κ3) is 1.61. The van der Waals surface area contributed by atoms with Crippen LogP contribution in [-0.4, -0.2) is 19.2 Å². The van der Waals surface area contributed by atoms with Crippen LogP contribution in [0, 0.1) is 18.3 Å². The Morgan fingerprint density at radius 1 is 1.50 bits per heavy atom. The molecule has 2 atom stereocenters. The first-order chi connectivity index (χ1) is 7.65. The maximum absolute atomic E-state index is 8.79. The Balaban J connectivity index is 2.41. The van der Waals surface area contributed by atoms with E-state index in [1.807, 2.05) is 19.1 Å². The van der Waals surface area contributed by atoms with Crippen LogP contribution in [0.25, 0.3) is 0 Å². The van der Waals surface area contributed by atoms with Crippen LogP contribution in [0.15, 0.2) is 18.2 Å². The molecule has 1 aromatic carbocycles. The van der Waals surface area contributed by atoms with Crippen molar-refractivity contribution in [1.29, 1.82) is 5.26 Å². The Kier molecular flexibility index (Phi) is 2.74. The number of anilines is 1. The number of rotatable bonds is 1. The number of fused-ring (bicyclic) bond motifs is 1. The van der Waals surface area contributed by atoms with Gasteiger partial charge < -0.3 is 9.64 Å². The van der Waals surface area contributed by atoms with E-state index in [0.717, 1.165) is 17.0 Å². The zero-order chi connectivity index (χ0) is 11.7. The average molecular weight is 216 g/mol. The van der Waals surface area contributed by atoms with Crippen LogP contribution in [0.4, 0.5) is 5.69 Å². The van der Waals surface area contributed by atoms with Crippen molar-refractivity contribution < 1.29 is 4.74 Å². The number of hydrogen-bond donors (Lipinski definition) is 0. The molecule has 84 valence electrons. The highest BCUT2D eigenvalue weighted by molar-refractivity contribution is 5.63. The van der Waals surface area contributed by atoms with Crippen LogP contribution in [0.2, 0.25) is 0 Å². The molecule has 0 saturated carbocycles. The molecular weight excluding hydrogens is 200 g/mol. The van der Waals surface area contributed by atoms with Gasteiger partial charge in [0.05, 0.1) is 24.2 Å². The fourth-order valence-corrected chi connectivity index (χ4v) is 2.09. The van der Waals surface area contributed by atoms with E-state index in [2.05, 4.69) is 31.0 Å². The Morgan fingerprint density at radius 3 is 2.94 bits per heavy atom. The molecule has 2 rings (SSSR count). The summed E-state index contributed by atoms with van der Waals surface area (Å²) >= 11 is 0. The van der Waals surface area contributed by atoms with Gasteiger partial charge in [0.1, 0.15) is 11.9 Å². The lowest BCUT2D eigenvalue weighted by Gasteiger charge is -2.39. The third-order valence-corrected chi connectivity index (χ3v) is 3.28. The molecule has 16 heavy (non-hydrogen) atoms. The van der Waals surface area contributed by atoms with Crippen molar-refractivity contribution in [3.8, 4) is 11.8 Å². The highest BCUT2D eigenvalue weighted by Gasteiger charge is 2.31. The maximum atomic E-state index is 8.79. The lowest BCUT2D eigenvalue weighted by atomic mass is 10.0. The SMILES string of the molecule is Cc1cccc2c1OC(CC#N)C(C)N2C. The van der Waals surface area contributed by atoms with E-state index in [1.54, 1.807) is 0 Å². The van der Waals surface area contributed by atoms with Gasteiger partial charge in [-0.3, -0.25) is 0 Å². The van der Waals surface area contributed by atoms with Crippen LogP contribution in [0.1, 0.15) is 18.9 Å². The van der Waals surface area contributed by atoms with Gasteiger partial charge in [0.2, 0.25) is 0 Å². The lowest BCUT2D eigenvalue weighted by molar-refractivity contribution is 0.164. The summed E-state index contributed by atoms with van der Waals surface area (Å²) in [5.74, 6) is 0.920. The van der Waals surface area contributed by atoms with E-state index >= 15 is 0 Å². The van der Waals surface area contributed by atoms with Gasteiger partial charge >= 0.3 is 0 Å². The number of benzene rings is 1. The number of ether oxygens (including phenoxy) is 1. The van der Waals surface area contributed by atoms with E-state index in [1.165, 1.54) is 0 Å². The van der Waals surface area contributed by atoms with E-state index in [0.29, 0.717) is 6.42 Å². The molecule has 2 unspecified atom stereocenters. The Hall–Kier alpha value is -1.69. The largest absolute Gasteiger partial charge is 0.485 e. The fraction of sp³-hybridized carbons (Fsp3) is 0.462. The van der Waals surface area contributed by atoms with Crippen molar-refractivity contribution in [2.75, 3.05) is 11.9 Å². The summed E-state index contributed by atoms with van der Waals surface area (Å²) in [6.07, 6.45) is 0.392. The highest BCUT2D eigenvalue weighted by Crippen LogP contribution is 2.38. The minimum atomic E-state index is -0.0383. The molecule has 0 aromatic heterocycles. The van der Waals surface area contributed by atoms with Crippen molar-refractivity contribution in [1.82, 2.24) is 0 Å². The summed E-state index contributed by atoms with van der Waals surface area (Å²) in [6, 6.07) is 8.54. The molecule has 0 bridgehead atoms. The van der Waals surface area contributed by atoms with Crippen molar-refractivity contribution >= 4 is 5.69 Å². The molecule has 1 aliphatic rings. The molecule has 1 aliphatic heterocycles. The molecule has 1 heterocycles. The number of hydrogen-bond acceptors (Lipinski definition) is 3. The van der Waals surface area contributed by atoms with Gasteiger partial charge in [0.25, 0.3) is 0 Å². The standard InChI is InChI=1S/C13H16N2O/c1-9-5-4-6-11-13(9)16-12(7-8-14)10(2)15(11)3/h4-6,10,12H,7H2,1-3H3. The van der Waals surface area contributed by atoms with Crippen molar-refractivity contribution in [2.45, 2.75) is 32.4 Å². The predicted octanol–water partition coefficient (Wildman–Crippen LogP) is 2.49. The monoisotopic (exact) mass is 216 g/mol. The Bertz CT molecular complexity index is 436. The summed E-state index contributed by atoms with van der Waals surface area (Å²) in [7, 11) is 2.05. The molecular formula is C13H16N2O. The number of aryl methyl sites for hydroxylation is 1. The summed E-state index contributed by atoms with van der Waals surface area (Å²) < 4.78 is 5.92. The minimum Gasteiger partial charge on any atom is -0.485 e. The van der Waals surface area contributed by atoms with E-state index in [-0.39, 0.29) is 12.1 Å². The zero-order valence-corrected chi connectivity index (χ0v) is 9.90. The first-order valence-corrected chi connectivity index (χ1v) is 5.51. The van der Waals surface area contributed by atoms with Crippen LogP contribution >= 0.6 is 0 Å². The molecule has 1 aromatic rings. The van der Waals surface area contributed by atoms with Gasteiger partial charge in [0.15, 0.2) is 0 Å². The molecule has 0 N–H and O–H groups in total. The van der Waals surface area contributed by atoms with Crippen molar-refractivity contribution in [3.05, 3.63) is 23.8 Å². The van der Waals surface area contributed by atoms with Gasteiger partial charge in [-0.05, 0) is 25.5 Å². The molecule has 0 saturated heterocycles. The number of likely N-dealkylation sites (N-methyl/N-ethyl adjacent to an activating group) is 1. The normalized spacial score (nSPS) is 23.2. The van der Waals surface area contributed by atoms with Gasteiger partial charge in [0, 0.05) is 7.05 Å². The minimum absolute atomic E-state index is 0.0383. The summed E-state index contributed by atoms with van der Waals surface area (Å²) in [5.41, 5.74) is 2.24. The number of para-hydroxylation sites is 1. The first kappa shape index (κ1) is 10.8. The topological polar surface area (TPSA) is 36.3 Å². The predicted molar refractivity (Wildman–Crippen MR) is 63.7 cm³/mol. The second kappa shape index (κ2) is 4.05.